The third kappa shape index (κ3) is 4.70. The molecule has 0 aromatic rings. The third-order valence-electron chi connectivity index (χ3n) is 4.72. The van der Waals surface area contributed by atoms with Gasteiger partial charge in [-0.05, 0) is 71.4 Å². The van der Waals surface area contributed by atoms with E-state index in [1.165, 1.54) is 45.3 Å². The quantitative estimate of drug-likeness (QED) is 0.802. The summed E-state index contributed by atoms with van der Waals surface area (Å²) in [6.07, 6.45) is 5.33. The summed E-state index contributed by atoms with van der Waals surface area (Å²) in [5.74, 6) is -0.959. The van der Waals surface area contributed by atoms with Crippen LogP contribution in [-0.4, -0.2) is 61.1 Å². The summed E-state index contributed by atoms with van der Waals surface area (Å²) in [6.45, 7) is 6.59. The van der Waals surface area contributed by atoms with Crippen molar-refractivity contribution >= 4 is 5.91 Å². The average molecular weight is 285 g/mol. The maximum atomic E-state index is 13.5. The molecule has 0 spiro atoms. The minimum Gasteiger partial charge on any atom is -0.367 e. The predicted octanol–water partition coefficient (Wildman–Crippen LogP) is 1.40. The lowest BCUT2D eigenvalue weighted by Crippen LogP contribution is -2.41. The molecule has 0 radical (unpaired) electrons. The smallest absolute Gasteiger partial charge is 0.252 e. The molecular weight excluding hydrogens is 257 g/mol. The Morgan fingerprint density at radius 1 is 1.05 bits per heavy atom. The number of alkyl halides is 1. The molecular formula is C15H28FN3O. The van der Waals surface area contributed by atoms with Crippen LogP contribution in [0.25, 0.3) is 0 Å². The average Bonchev–Trinajstić information content (AvgIpc) is 2.48. The van der Waals surface area contributed by atoms with Crippen molar-refractivity contribution in [1.82, 2.24) is 9.80 Å². The highest BCUT2D eigenvalue weighted by Gasteiger charge is 2.29. The molecule has 2 aliphatic rings. The van der Waals surface area contributed by atoms with Crippen molar-refractivity contribution in [3.63, 3.8) is 0 Å². The van der Waals surface area contributed by atoms with Crippen molar-refractivity contribution in [2.45, 2.75) is 44.7 Å². The molecule has 0 bridgehead atoms. The lowest BCUT2D eigenvalue weighted by molar-refractivity contribution is -0.125. The van der Waals surface area contributed by atoms with Crippen molar-refractivity contribution in [3.05, 3.63) is 0 Å². The van der Waals surface area contributed by atoms with Crippen LogP contribution >= 0.6 is 0 Å². The standard InChI is InChI=1S/C15H28FN3O/c16-14(15(17)20)13-5-11-19(12-6-13)10-4-9-18-7-2-1-3-8-18/h13-14H,1-12H2,(H2,17,20). The van der Waals surface area contributed by atoms with Crippen LogP contribution in [0.1, 0.15) is 38.5 Å². The van der Waals surface area contributed by atoms with Gasteiger partial charge in [-0.25, -0.2) is 4.39 Å². The first-order valence-corrected chi connectivity index (χ1v) is 8.05. The second-order valence-corrected chi connectivity index (χ2v) is 6.24. The Hall–Kier alpha value is -0.680. The maximum Gasteiger partial charge on any atom is 0.252 e. The third-order valence-corrected chi connectivity index (χ3v) is 4.72. The van der Waals surface area contributed by atoms with Gasteiger partial charge in [0, 0.05) is 5.92 Å². The van der Waals surface area contributed by atoms with E-state index >= 15 is 0 Å². The molecule has 1 unspecified atom stereocenters. The Bertz CT molecular complexity index is 299. The molecule has 5 heteroatoms. The van der Waals surface area contributed by atoms with Crippen LogP contribution < -0.4 is 5.73 Å². The van der Waals surface area contributed by atoms with Gasteiger partial charge in [-0.3, -0.25) is 4.79 Å². The fourth-order valence-electron chi connectivity index (χ4n) is 3.40. The molecule has 4 nitrogen and oxygen atoms in total. The van der Waals surface area contributed by atoms with Crippen LogP contribution in [0.3, 0.4) is 0 Å². The van der Waals surface area contributed by atoms with Crippen LogP contribution in [-0.2, 0) is 4.79 Å². The number of hydrogen-bond acceptors (Lipinski definition) is 3. The molecule has 2 aliphatic heterocycles. The van der Waals surface area contributed by atoms with E-state index in [-0.39, 0.29) is 5.92 Å². The van der Waals surface area contributed by atoms with E-state index in [0.29, 0.717) is 0 Å². The van der Waals surface area contributed by atoms with Crippen molar-refractivity contribution in [3.8, 4) is 0 Å². The second kappa shape index (κ2) is 7.93. The monoisotopic (exact) mass is 285 g/mol. The zero-order chi connectivity index (χ0) is 14.4. The number of carbonyl (C=O) groups is 1. The minimum absolute atomic E-state index is 0.161. The fraction of sp³-hybridized carbons (Fsp3) is 0.933. The molecule has 2 fully saturated rings. The summed E-state index contributed by atoms with van der Waals surface area (Å²) in [6, 6.07) is 0. The Morgan fingerprint density at radius 2 is 1.60 bits per heavy atom. The van der Waals surface area contributed by atoms with Gasteiger partial charge in [-0.15, -0.1) is 0 Å². The summed E-state index contributed by atoms with van der Waals surface area (Å²) in [4.78, 5) is 15.8. The lowest BCUT2D eigenvalue weighted by Gasteiger charge is -2.33. The summed E-state index contributed by atoms with van der Waals surface area (Å²) >= 11 is 0. The van der Waals surface area contributed by atoms with Gasteiger partial charge < -0.3 is 15.5 Å². The topological polar surface area (TPSA) is 49.6 Å². The number of hydrogen-bond donors (Lipinski definition) is 1. The Balaban J connectivity index is 1.58. The van der Waals surface area contributed by atoms with Gasteiger partial charge in [0.2, 0.25) is 0 Å². The van der Waals surface area contributed by atoms with Crippen LogP contribution in [0.2, 0.25) is 0 Å². The van der Waals surface area contributed by atoms with Gasteiger partial charge in [0.25, 0.3) is 5.91 Å². The van der Waals surface area contributed by atoms with Crippen LogP contribution in [0, 0.1) is 5.92 Å². The van der Waals surface area contributed by atoms with Crippen molar-refractivity contribution in [1.29, 1.82) is 0 Å². The van der Waals surface area contributed by atoms with Gasteiger partial charge in [0.05, 0.1) is 0 Å². The largest absolute Gasteiger partial charge is 0.367 e. The van der Waals surface area contributed by atoms with E-state index in [4.69, 9.17) is 5.73 Å². The predicted molar refractivity (Wildman–Crippen MR) is 78.2 cm³/mol. The highest BCUT2D eigenvalue weighted by atomic mass is 19.1. The van der Waals surface area contributed by atoms with Gasteiger partial charge in [-0.2, -0.15) is 0 Å². The van der Waals surface area contributed by atoms with Crippen LogP contribution in [0.4, 0.5) is 4.39 Å². The molecule has 116 valence electrons. The van der Waals surface area contributed by atoms with E-state index in [2.05, 4.69) is 9.80 Å². The van der Waals surface area contributed by atoms with Crippen molar-refractivity contribution in [2.75, 3.05) is 39.3 Å². The number of likely N-dealkylation sites (tertiary alicyclic amines) is 2. The maximum absolute atomic E-state index is 13.5. The number of amides is 1. The fourth-order valence-corrected chi connectivity index (χ4v) is 3.40. The number of carbonyl (C=O) groups excluding carboxylic acids is 1. The van der Waals surface area contributed by atoms with E-state index < -0.39 is 12.1 Å². The number of nitrogens with zero attached hydrogens (tertiary/aromatic N) is 2. The molecule has 2 N–H and O–H groups in total. The van der Waals surface area contributed by atoms with Gasteiger partial charge in [0.15, 0.2) is 6.17 Å². The number of piperidine rings is 2. The first-order valence-electron chi connectivity index (χ1n) is 8.05. The van der Waals surface area contributed by atoms with E-state index in [9.17, 15) is 9.18 Å². The van der Waals surface area contributed by atoms with E-state index in [1.54, 1.807) is 0 Å². The van der Waals surface area contributed by atoms with Gasteiger partial charge >= 0.3 is 0 Å². The number of rotatable bonds is 6. The molecule has 0 saturated carbocycles. The Morgan fingerprint density at radius 3 is 2.15 bits per heavy atom. The zero-order valence-corrected chi connectivity index (χ0v) is 12.4. The first kappa shape index (κ1) is 15.7. The van der Waals surface area contributed by atoms with Crippen LogP contribution in [0.5, 0.6) is 0 Å². The molecule has 0 aromatic heterocycles. The van der Waals surface area contributed by atoms with Crippen molar-refractivity contribution < 1.29 is 9.18 Å². The number of nitrogens with two attached hydrogens (primary N) is 1. The Kier molecular flexibility index (Phi) is 6.23. The molecule has 0 aliphatic carbocycles. The summed E-state index contributed by atoms with van der Waals surface area (Å²) in [5.41, 5.74) is 5.03. The number of primary amides is 1. The summed E-state index contributed by atoms with van der Waals surface area (Å²) in [7, 11) is 0. The molecule has 2 rings (SSSR count). The molecule has 1 amide bonds. The molecule has 1 atom stereocenters. The highest BCUT2D eigenvalue weighted by Crippen LogP contribution is 2.22. The lowest BCUT2D eigenvalue weighted by atomic mass is 9.91. The molecule has 2 heterocycles. The van der Waals surface area contributed by atoms with E-state index in [0.717, 1.165) is 32.5 Å². The van der Waals surface area contributed by atoms with Crippen LogP contribution in [0.15, 0.2) is 0 Å². The summed E-state index contributed by atoms with van der Waals surface area (Å²) < 4.78 is 13.5. The van der Waals surface area contributed by atoms with Crippen molar-refractivity contribution in [2.24, 2.45) is 11.7 Å². The normalized spacial score (nSPS) is 24.6. The second-order valence-electron chi connectivity index (χ2n) is 6.24. The van der Waals surface area contributed by atoms with E-state index in [1.807, 2.05) is 0 Å². The SMILES string of the molecule is NC(=O)C(F)C1CCN(CCCN2CCCCC2)CC1. The highest BCUT2D eigenvalue weighted by molar-refractivity contribution is 5.78. The number of halogens is 1. The zero-order valence-electron chi connectivity index (χ0n) is 12.4. The first-order chi connectivity index (χ1) is 9.66. The minimum atomic E-state index is -1.45. The van der Waals surface area contributed by atoms with Gasteiger partial charge in [0.1, 0.15) is 0 Å². The Labute approximate surface area is 121 Å². The summed E-state index contributed by atoms with van der Waals surface area (Å²) in [5, 5.41) is 0. The molecule has 0 aromatic carbocycles. The van der Waals surface area contributed by atoms with Gasteiger partial charge in [-0.1, -0.05) is 6.42 Å². The molecule has 2 saturated heterocycles. The molecule has 20 heavy (non-hydrogen) atoms.